The Labute approximate surface area is 176 Å². The summed E-state index contributed by atoms with van der Waals surface area (Å²) in [5, 5.41) is 5.60. The van der Waals surface area contributed by atoms with Crippen molar-refractivity contribution in [2.45, 2.75) is 32.7 Å². The topological polar surface area (TPSA) is 105 Å². The van der Waals surface area contributed by atoms with Crippen molar-refractivity contribution in [1.29, 1.82) is 0 Å². The Morgan fingerprint density at radius 1 is 1.20 bits per heavy atom. The normalized spacial score (nSPS) is 16.4. The van der Waals surface area contributed by atoms with Gasteiger partial charge in [-0.3, -0.25) is 19.3 Å². The van der Waals surface area contributed by atoms with Gasteiger partial charge in [0.2, 0.25) is 11.8 Å². The number of hydrogen-bond donors (Lipinski definition) is 3. The minimum absolute atomic E-state index is 0.0228. The Balaban J connectivity index is 1.97. The van der Waals surface area contributed by atoms with Crippen LogP contribution < -0.4 is 21.3 Å². The fraction of sp³-hybridized carbons (Fsp3) is 0.348. The number of anilines is 2. The summed E-state index contributed by atoms with van der Waals surface area (Å²) >= 11 is 0. The lowest BCUT2D eigenvalue weighted by atomic mass is 9.92. The summed E-state index contributed by atoms with van der Waals surface area (Å²) in [6.07, 6.45) is 0.946. The summed E-state index contributed by atoms with van der Waals surface area (Å²) in [7, 11) is 0. The van der Waals surface area contributed by atoms with Crippen LogP contribution >= 0.6 is 0 Å². The SMILES string of the molecule is CCC(C)C1C(=O)Nc2cc(C(=O)NCCN)ccc2N1C(=O)Cc1ccccc1. The fourth-order valence-corrected chi connectivity index (χ4v) is 3.63. The van der Waals surface area contributed by atoms with E-state index in [0.717, 1.165) is 12.0 Å². The summed E-state index contributed by atoms with van der Waals surface area (Å²) in [5.74, 6) is -0.685. The van der Waals surface area contributed by atoms with Gasteiger partial charge in [-0.1, -0.05) is 50.6 Å². The molecule has 158 valence electrons. The molecule has 30 heavy (non-hydrogen) atoms. The molecule has 0 fully saturated rings. The standard InChI is InChI=1S/C23H28N4O3/c1-3-15(2)21-23(30)26-18-14-17(22(29)25-12-11-24)9-10-19(18)27(21)20(28)13-16-7-5-4-6-8-16/h4-10,14-15,21H,3,11-13,24H2,1-2H3,(H,25,29)(H,26,30). The molecule has 2 atom stereocenters. The summed E-state index contributed by atoms with van der Waals surface area (Å²) in [5.41, 5.74) is 7.79. The molecule has 3 amide bonds. The van der Waals surface area contributed by atoms with Gasteiger partial charge in [0.25, 0.3) is 5.91 Å². The van der Waals surface area contributed by atoms with Gasteiger partial charge in [-0.15, -0.1) is 0 Å². The van der Waals surface area contributed by atoms with E-state index in [2.05, 4.69) is 10.6 Å². The number of carbonyl (C=O) groups is 3. The molecule has 2 aromatic rings. The molecule has 2 aromatic carbocycles. The van der Waals surface area contributed by atoms with Crippen molar-refractivity contribution in [1.82, 2.24) is 5.32 Å². The molecule has 4 N–H and O–H groups in total. The van der Waals surface area contributed by atoms with Crippen molar-refractivity contribution >= 4 is 29.1 Å². The zero-order valence-electron chi connectivity index (χ0n) is 17.4. The first-order valence-electron chi connectivity index (χ1n) is 10.3. The number of fused-ring (bicyclic) bond motifs is 1. The predicted molar refractivity (Wildman–Crippen MR) is 117 cm³/mol. The molecular formula is C23H28N4O3. The number of hydrogen-bond acceptors (Lipinski definition) is 4. The van der Waals surface area contributed by atoms with Crippen molar-refractivity contribution in [2.75, 3.05) is 23.3 Å². The minimum atomic E-state index is -0.601. The molecule has 7 heteroatoms. The third-order valence-electron chi connectivity index (χ3n) is 5.40. The lowest BCUT2D eigenvalue weighted by molar-refractivity contribution is -0.124. The molecule has 2 unspecified atom stereocenters. The van der Waals surface area contributed by atoms with Crippen LogP contribution in [-0.2, 0) is 16.0 Å². The minimum Gasteiger partial charge on any atom is -0.351 e. The predicted octanol–water partition coefficient (Wildman–Crippen LogP) is 2.32. The monoisotopic (exact) mass is 408 g/mol. The van der Waals surface area contributed by atoms with E-state index in [9.17, 15) is 14.4 Å². The number of carbonyl (C=O) groups excluding carboxylic acids is 3. The van der Waals surface area contributed by atoms with Gasteiger partial charge >= 0.3 is 0 Å². The third-order valence-corrected chi connectivity index (χ3v) is 5.40. The van der Waals surface area contributed by atoms with Crippen LogP contribution in [0, 0.1) is 5.92 Å². The molecule has 1 aliphatic heterocycles. The Hall–Kier alpha value is -3.19. The maximum absolute atomic E-state index is 13.3. The number of amides is 3. The number of benzene rings is 2. The van der Waals surface area contributed by atoms with E-state index in [1.807, 2.05) is 44.2 Å². The van der Waals surface area contributed by atoms with Crippen LogP contribution in [0.4, 0.5) is 11.4 Å². The zero-order chi connectivity index (χ0) is 21.7. The second kappa shape index (κ2) is 9.54. The quantitative estimate of drug-likeness (QED) is 0.654. The average Bonchev–Trinajstić information content (AvgIpc) is 2.76. The smallest absolute Gasteiger partial charge is 0.251 e. The van der Waals surface area contributed by atoms with E-state index in [4.69, 9.17) is 5.73 Å². The van der Waals surface area contributed by atoms with Crippen LogP contribution in [0.2, 0.25) is 0 Å². The Morgan fingerprint density at radius 3 is 2.60 bits per heavy atom. The van der Waals surface area contributed by atoms with Crippen LogP contribution in [0.1, 0.15) is 36.2 Å². The van der Waals surface area contributed by atoms with Gasteiger partial charge in [0, 0.05) is 18.7 Å². The van der Waals surface area contributed by atoms with E-state index in [0.29, 0.717) is 30.0 Å². The van der Waals surface area contributed by atoms with Crippen molar-refractivity contribution in [3.63, 3.8) is 0 Å². The highest BCUT2D eigenvalue weighted by Gasteiger charge is 2.39. The molecule has 1 aliphatic rings. The first-order chi connectivity index (χ1) is 14.5. The van der Waals surface area contributed by atoms with Crippen molar-refractivity contribution in [2.24, 2.45) is 11.7 Å². The van der Waals surface area contributed by atoms with Crippen molar-refractivity contribution in [3.05, 3.63) is 59.7 Å². The maximum atomic E-state index is 13.3. The van der Waals surface area contributed by atoms with E-state index < -0.39 is 6.04 Å². The molecule has 0 aromatic heterocycles. The van der Waals surface area contributed by atoms with Crippen molar-refractivity contribution in [3.8, 4) is 0 Å². The Bertz CT molecular complexity index is 929. The highest BCUT2D eigenvalue weighted by Crippen LogP contribution is 2.36. The lowest BCUT2D eigenvalue weighted by Crippen LogP contribution is -2.54. The third kappa shape index (κ3) is 4.52. The molecule has 0 saturated heterocycles. The molecule has 0 aliphatic carbocycles. The van der Waals surface area contributed by atoms with Crippen LogP contribution in [0.3, 0.4) is 0 Å². The Morgan fingerprint density at radius 2 is 1.93 bits per heavy atom. The van der Waals surface area contributed by atoms with E-state index in [-0.39, 0.29) is 30.1 Å². The summed E-state index contributed by atoms with van der Waals surface area (Å²) in [4.78, 5) is 40.2. The summed E-state index contributed by atoms with van der Waals surface area (Å²) in [6, 6.07) is 13.9. The van der Waals surface area contributed by atoms with Crippen LogP contribution in [0.5, 0.6) is 0 Å². The van der Waals surface area contributed by atoms with Gasteiger partial charge in [0.15, 0.2) is 0 Å². The number of nitrogens with zero attached hydrogens (tertiary/aromatic N) is 1. The first-order valence-corrected chi connectivity index (χ1v) is 10.3. The van der Waals surface area contributed by atoms with Gasteiger partial charge in [0.05, 0.1) is 17.8 Å². The van der Waals surface area contributed by atoms with E-state index in [1.165, 1.54) is 0 Å². The van der Waals surface area contributed by atoms with Crippen LogP contribution in [-0.4, -0.2) is 36.9 Å². The molecule has 0 radical (unpaired) electrons. The fourth-order valence-electron chi connectivity index (χ4n) is 3.63. The van der Waals surface area contributed by atoms with Gasteiger partial charge in [-0.25, -0.2) is 0 Å². The first kappa shape index (κ1) is 21.5. The van der Waals surface area contributed by atoms with E-state index >= 15 is 0 Å². The molecule has 0 saturated carbocycles. The highest BCUT2D eigenvalue weighted by atomic mass is 16.2. The molecule has 3 rings (SSSR count). The molecule has 1 heterocycles. The highest BCUT2D eigenvalue weighted by molar-refractivity contribution is 6.13. The second-order valence-electron chi connectivity index (χ2n) is 7.52. The second-order valence-corrected chi connectivity index (χ2v) is 7.52. The Kier molecular flexibility index (Phi) is 6.84. The lowest BCUT2D eigenvalue weighted by Gasteiger charge is -2.39. The largest absolute Gasteiger partial charge is 0.351 e. The molecule has 0 bridgehead atoms. The summed E-state index contributed by atoms with van der Waals surface area (Å²) < 4.78 is 0. The molecule has 0 spiro atoms. The summed E-state index contributed by atoms with van der Waals surface area (Å²) in [6.45, 7) is 4.66. The maximum Gasteiger partial charge on any atom is 0.251 e. The van der Waals surface area contributed by atoms with Crippen LogP contribution in [0.15, 0.2) is 48.5 Å². The number of rotatable bonds is 7. The number of nitrogens with one attached hydrogen (secondary N) is 2. The number of nitrogens with two attached hydrogens (primary N) is 1. The average molecular weight is 409 g/mol. The van der Waals surface area contributed by atoms with E-state index in [1.54, 1.807) is 23.1 Å². The molecular weight excluding hydrogens is 380 g/mol. The molecule has 7 nitrogen and oxygen atoms in total. The van der Waals surface area contributed by atoms with Crippen molar-refractivity contribution < 1.29 is 14.4 Å². The van der Waals surface area contributed by atoms with Gasteiger partial charge in [-0.2, -0.15) is 0 Å². The van der Waals surface area contributed by atoms with Gasteiger partial charge < -0.3 is 16.4 Å². The van der Waals surface area contributed by atoms with Crippen LogP contribution in [0.25, 0.3) is 0 Å². The van der Waals surface area contributed by atoms with Gasteiger partial charge in [-0.05, 0) is 29.7 Å². The van der Waals surface area contributed by atoms with Gasteiger partial charge in [0.1, 0.15) is 6.04 Å². The zero-order valence-corrected chi connectivity index (χ0v) is 17.4.